The Morgan fingerprint density at radius 3 is 2.39 bits per heavy atom. The minimum atomic E-state index is -0.666. The van der Waals surface area contributed by atoms with Crippen molar-refractivity contribution < 1.29 is 18.8 Å². The van der Waals surface area contributed by atoms with Crippen molar-refractivity contribution in [2.24, 2.45) is 0 Å². The SMILES string of the molecule is CN1CC(=O)N2[C@@H](Cc3ccccc3)C(=O)N(C3CCCC3)C[C@@H]2N1C(=O)NCc1ccc(F)cc1. The number of piperazine rings is 1. The number of carbonyl (C=O) groups is 3. The first kappa shape index (κ1) is 24.2. The predicted octanol–water partition coefficient (Wildman–Crippen LogP) is 2.75. The zero-order valence-electron chi connectivity index (χ0n) is 20.5. The van der Waals surface area contributed by atoms with E-state index in [9.17, 15) is 18.8 Å². The summed E-state index contributed by atoms with van der Waals surface area (Å²) < 4.78 is 13.3. The van der Waals surface area contributed by atoms with Crippen LogP contribution in [0.2, 0.25) is 0 Å². The van der Waals surface area contributed by atoms with Gasteiger partial charge < -0.3 is 15.1 Å². The van der Waals surface area contributed by atoms with E-state index < -0.39 is 12.2 Å². The molecule has 9 heteroatoms. The molecular formula is C27H32FN5O3. The fraction of sp³-hybridized carbons (Fsp3) is 0.444. The van der Waals surface area contributed by atoms with Crippen LogP contribution in [0.15, 0.2) is 54.6 Å². The first-order chi connectivity index (χ1) is 17.4. The number of benzene rings is 2. The van der Waals surface area contributed by atoms with Gasteiger partial charge in [0.25, 0.3) is 0 Å². The zero-order chi connectivity index (χ0) is 25.2. The van der Waals surface area contributed by atoms with Crippen LogP contribution in [0.4, 0.5) is 9.18 Å². The Bertz CT molecular complexity index is 1110. The summed E-state index contributed by atoms with van der Waals surface area (Å²) >= 11 is 0. The molecule has 2 aromatic rings. The van der Waals surface area contributed by atoms with Gasteiger partial charge in [-0.05, 0) is 36.1 Å². The molecule has 0 radical (unpaired) electrons. The number of urea groups is 1. The topological polar surface area (TPSA) is 76.2 Å². The molecule has 5 rings (SSSR count). The summed E-state index contributed by atoms with van der Waals surface area (Å²) in [7, 11) is 1.72. The third-order valence-electron chi connectivity index (χ3n) is 7.49. The number of hydrogen-bond acceptors (Lipinski definition) is 4. The summed E-state index contributed by atoms with van der Waals surface area (Å²) in [6.45, 7) is 0.514. The Morgan fingerprint density at radius 2 is 1.69 bits per heavy atom. The average molecular weight is 494 g/mol. The molecule has 2 atom stereocenters. The van der Waals surface area contributed by atoms with Gasteiger partial charge in [-0.3, -0.25) is 9.59 Å². The lowest BCUT2D eigenvalue weighted by Crippen LogP contribution is -2.76. The number of rotatable bonds is 5. The van der Waals surface area contributed by atoms with Crippen LogP contribution in [0.25, 0.3) is 0 Å². The molecule has 1 aliphatic carbocycles. The molecule has 2 aliphatic heterocycles. The van der Waals surface area contributed by atoms with Crippen LogP contribution < -0.4 is 5.32 Å². The molecule has 0 unspecified atom stereocenters. The summed E-state index contributed by atoms with van der Waals surface area (Å²) in [5, 5.41) is 6.11. The van der Waals surface area contributed by atoms with E-state index in [0.29, 0.717) is 6.42 Å². The monoisotopic (exact) mass is 493 g/mol. The molecule has 2 aromatic carbocycles. The lowest BCUT2D eigenvalue weighted by molar-refractivity contribution is -0.189. The van der Waals surface area contributed by atoms with Crippen molar-refractivity contribution in [3.8, 4) is 0 Å². The predicted molar refractivity (Wildman–Crippen MR) is 132 cm³/mol. The van der Waals surface area contributed by atoms with Crippen LogP contribution in [0, 0.1) is 5.82 Å². The first-order valence-electron chi connectivity index (χ1n) is 12.6. The number of hydrazine groups is 1. The standard InChI is InChI=1S/C27H32FN5O3/c1-30-18-25(34)32-23(15-19-7-3-2-4-8-19)26(35)31(22-9-5-6-10-22)17-24(32)33(30)27(36)29-16-20-11-13-21(28)14-12-20/h2-4,7-8,11-14,22-24H,5-6,9-10,15-18H2,1H3,(H,29,36)/t23-,24-/m0/s1. The molecule has 3 fully saturated rings. The van der Waals surface area contributed by atoms with Crippen LogP contribution in [-0.4, -0.2) is 76.0 Å². The Balaban J connectivity index is 1.42. The second kappa shape index (κ2) is 10.3. The number of carbonyl (C=O) groups excluding carboxylic acids is 3. The first-order valence-corrected chi connectivity index (χ1v) is 12.6. The van der Waals surface area contributed by atoms with E-state index in [1.54, 1.807) is 34.1 Å². The molecule has 2 heterocycles. The minimum absolute atomic E-state index is 0.00245. The van der Waals surface area contributed by atoms with Gasteiger partial charge in [-0.15, -0.1) is 0 Å². The highest BCUT2D eigenvalue weighted by Gasteiger charge is 2.51. The number of amides is 4. The number of nitrogens with zero attached hydrogens (tertiary/aromatic N) is 4. The van der Waals surface area contributed by atoms with Gasteiger partial charge in [0.2, 0.25) is 11.8 Å². The number of nitrogens with one attached hydrogen (secondary N) is 1. The van der Waals surface area contributed by atoms with Crippen LogP contribution in [0.5, 0.6) is 0 Å². The second-order valence-corrected chi connectivity index (χ2v) is 9.86. The summed E-state index contributed by atoms with van der Waals surface area (Å²) in [6, 6.07) is 14.8. The summed E-state index contributed by atoms with van der Waals surface area (Å²) in [5.41, 5.74) is 1.74. The van der Waals surface area contributed by atoms with Gasteiger partial charge in [0.15, 0.2) is 0 Å². The van der Waals surface area contributed by atoms with Gasteiger partial charge in [-0.2, -0.15) is 0 Å². The summed E-state index contributed by atoms with van der Waals surface area (Å²) in [5.74, 6) is -0.532. The Morgan fingerprint density at radius 1 is 1.00 bits per heavy atom. The van der Waals surface area contributed by atoms with E-state index in [1.165, 1.54) is 12.1 Å². The number of likely N-dealkylation sites (N-methyl/N-ethyl adjacent to an activating group) is 1. The van der Waals surface area contributed by atoms with Gasteiger partial charge in [0.05, 0.1) is 13.1 Å². The maximum Gasteiger partial charge on any atom is 0.334 e. The Kier molecular flexibility index (Phi) is 6.91. The lowest BCUT2D eigenvalue weighted by atomic mass is 9.97. The third kappa shape index (κ3) is 4.80. The minimum Gasteiger partial charge on any atom is -0.334 e. The molecule has 0 aromatic heterocycles. The van der Waals surface area contributed by atoms with E-state index >= 15 is 0 Å². The van der Waals surface area contributed by atoms with Crippen molar-refractivity contribution in [3.63, 3.8) is 0 Å². The van der Waals surface area contributed by atoms with E-state index in [1.807, 2.05) is 35.2 Å². The van der Waals surface area contributed by atoms with Crippen LogP contribution in [0.1, 0.15) is 36.8 Å². The molecule has 0 spiro atoms. The van der Waals surface area contributed by atoms with Crippen molar-refractivity contribution in [2.45, 2.75) is 56.9 Å². The van der Waals surface area contributed by atoms with Crippen molar-refractivity contribution in [1.29, 1.82) is 0 Å². The number of hydrogen-bond donors (Lipinski definition) is 1. The second-order valence-electron chi connectivity index (χ2n) is 9.86. The highest BCUT2D eigenvalue weighted by atomic mass is 19.1. The van der Waals surface area contributed by atoms with Gasteiger partial charge in [0.1, 0.15) is 18.0 Å². The van der Waals surface area contributed by atoms with Crippen molar-refractivity contribution >= 4 is 17.8 Å². The van der Waals surface area contributed by atoms with Crippen LogP contribution in [-0.2, 0) is 22.6 Å². The van der Waals surface area contributed by atoms with Crippen molar-refractivity contribution in [2.75, 3.05) is 20.1 Å². The van der Waals surface area contributed by atoms with E-state index in [2.05, 4.69) is 5.32 Å². The molecular weight excluding hydrogens is 461 g/mol. The molecule has 4 amide bonds. The lowest BCUT2D eigenvalue weighted by Gasteiger charge is -2.55. The van der Waals surface area contributed by atoms with Gasteiger partial charge in [0, 0.05) is 26.1 Å². The highest BCUT2D eigenvalue weighted by Crippen LogP contribution is 2.32. The average Bonchev–Trinajstić information content (AvgIpc) is 3.40. The van der Waals surface area contributed by atoms with Crippen LogP contribution in [0.3, 0.4) is 0 Å². The normalized spacial score (nSPS) is 23.2. The van der Waals surface area contributed by atoms with Gasteiger partial charge in [-0.1, -0.05) is 55.3 Å². The van der Waals surface area contributed by atoms with Gasteiger partial charge in [-0.25, -0.2) is 19.2 Å². The third-order valence-corrected chi connectivity index (χ3v) is 7.49. The molecule has 1 N–H and O–H groups in total. The Hall–Kier alpha value is -3.46. The molecule has 2 saturated heterocycles. The largest absolute Gasteiger partial charge is 0.334 e. The highest BCUT2D eigenvalue weighted by molar-refractivity contribution is 5.91. The number of fused-ring (bicyclic) bond motifs is 1. The fourth-order valence-electron chi connectivity index (χ4n) is 5.71. The Labute approximate surface area is 210 Å². The van der Waals surface area contributed by atoms with E-state index in [4.69, 9.17) is 0 Å². The maximum atomic E-state index is 13.8. The van der Waals surface area contributed by atoms with Gasteiger partial charge >= 0.3 is 6.03 Å². The molecule has 1 saturated carbocycles. The fourth-order valence-corrected chi connectivity index (χ4v) is 5.71. The van der Waals surface area contributed by atoms with Crippen LogP contribution >= 0.6 is 0 Å². The molecule has 0 bridgehead atoms. The zero-order valence-corrected chi connectivity index (χ0v) is 20.5. The summed E-state index contributed by atoms with van der Waals surface area (Å²) in [4.78, 5) is 44.1. The quantitative estimate of drug-likeness (QED) is 0.695. The molecule has 36 heavy (non-hydrogen) atoms. The van der Waals surface area contributed by atoms with Crippen molar-refractivity contribution in [3.05, 3.63) is 71.5 Å². The summed E-state index contributed by atoms with van der Waals surface area (Å²) in [6.07, 6.45) is 3.84. The van der Waals surface area contributed by atoms with E-state index in [-0.39, 0.29) is 49.3 Å². The maximum absolute atomic E-state index is 13.8. The number of halogens is 1. The van der Waals surface area contributed by atoms with Crippen molar-refractivity contribution in [1.82, 2.24) is 25.1 Å². The smallest absolute Gasteiger partial charge is 0.334 e. The molecule has 8 nitrogen and oxygen atoms in total. The van der Waals surface area contributed by atoms with E-state index in [0.717, 1.165) is 36.8 Å². The molecule has 3 aliphatic rings. The molecule has 190 valence electrons.